The molecule has 4 nitrogen and oxygen atoms in total. The van der Waals surface area contributed by atoms with Crippen LogP contribution in [0, 0.1) is 29.1 Å². The van der Waals surface area contributed by atoms with Crippen LogP contribution in [0.15, 0.2) is 120 Å². The molecule has 5 fully saturated rings. The predicted octanol–water partition coefficient (Wildman–Crippen LogP) is 15.3. The molecule has 7 atom stereocenters. The summed E-state index contributed by atoms with van der Waals surface area (Å²) >= 11 is 0. The highest BCUT2D eigenvalue weighted by Crippen LogP contribution is 2.76. The van der Waals surface area contributed by atoms with Crippen molar-refractivity contribution < 1.29 is 4.42 Å². The summed E-state index contributed by atoms with van der Waals surface area (Å²) in [6, 6.07) is 38.6. The summed E-state index contributed by atoms with van der Waals surface area (Å²) in [6.07, 6.45) is 18.2. The molecule has 5 aromatic carbocycles. The van der Waals surface area contributed by atoms with Gasteiger partial charge in [-0.15, -0.1) is 0 Å². The lowest BCUT2D eigenvalue weighted by Crippen LogP contribution is -2.41. The van der Waals surface area contributed by atoms with Crippen LogP contribution < -0.4 is 0 Å². The number of furan rings is 1. The van der Waals surface area contributed by atoms with E-state index in [0.29, 0.717) is 29.1 Å². The molecule has 18 rings (SSSR count). The highest BCUT2D eigenvalue weighted by atomic mass is 16.3. The van der Waals surface area contributed by atoms with Crippen LogP contribution in [0.25, 0.3) is 93.4 Å². The van der Waals surface area contributed by atoms with E-state index in [1.807, 2.05) is 0 Å². The van der Waals surface area contributed by atoms with Gasteiger partial charge in [0, 0.05) is 66.7 Å². The molecule has 5 aromatic heterocycles. The molecule has 1 spiro atoms. The first-order valence-corrected chi connectivity index (χ1v) is 24.3. The van der Waals surface area contributed by atoms with Gasteiger partial charge in [0.2, 0.25) is 0 Å². The lowest BCUT2D eigenvalue weighted by molar-refractivity contribution is 0.00321. The third kappa shape index (κ3) is 4.04. The van der Waals surface area contributed by atoms with Crippen LogP contribution in [0.4, 0.5) is 0 Å². The zero-order chi connectivity index (χ0) is 40.4. The minimum Gasteiger partial charge on any atom is -0.455 e. The lowest BCUT2D eigenvalue weighted by Gasteiger charge is -2.48. The van der Waals surface area contributed by atoms with Crippen LogP contribution >= 0.6 is 0 Å². The largest absolute Gasteiger partial charge is 0.455 e. The number of aromatic nitrogens is 3. The van der Waals surface area contributed by atoms with Crippen molar-refractivity contribution in [3.8, 4) is 33.4 Å². The van der Waals surface area contributed by atoms with Crippen LogP contribution in [-0.2, 0) is 0 Å². The number of hydrogen-bond donors (Lipinski definition) is 0. The maximum atomic E-state index is 7.05. The summed E-state index contributed by atoms with van der Waals surface area (Å²) < 4.78 is 9.70. The molecule has 5 saturated carbocycles. The molecular weight excluding hydrogens is 767 g/mol. The van der Waals surface area contributed by atoms with E-state index in [-0.39, 0.29) is 0 Å². The number of nitrogens with zero attached hydrogens (tertiary/aromatic N) is 3. The van der Waals surface area contributed by atoms with Crippen LogP contribution in [0.3, 0.4) is 0 Å². The van der Waals surface area contributed by atoms with Gasteiger partial charge < -0.3 is 8.82 Å². The molecular formula is C59H47N3O. The van der Waals surface area contributed by atoms with Gasteiger partial charge in [0.1, 0.15) is 11.2 Å². The normalized spacial score (nSPS) is 29.7. The van der Waals surface area contributed by atoms with Crippen molar-refractivity contribution in [3.63, 3.8) is 0 Å². The number of rotatable bonds is 3. The van der Waals surface area contributed by atoms with Gasteiger partial charge in [-0.1, -0.05) is 78.9 Å². The van der Waals surface area contributed by atoms with Crippen molar-refractivity contribution in [2.24, 2.45) is 29.1 Å². The Balaban J connectivity index is 1.07. The van der Waals surface area contributed by atoms with E-state index in [2.05, 4.69) is 120 Å². The van der Waals surface area contributed by atoms with Crippen LogP contribution in [0.1, 0.15) is 110 Å². The van der Waals surface area contributed by atoms with Crippen molar-refractivity contribution in [2.75, 3.05) is 0 Å². The SMILES string of the molecule is c1ccc(-c2cc3c(oc4ccccc43)c(-c3ccccc3)c2-c2cc3c4c5c(ncc4n4c6cnc7c(c6c(c2)c34)C2CC3CC4CC7CC43C2)C2CC3CC(C2)CC5C3)cc1. The topological polar surface area (TPSA) is 43.3 Å². The standard InChI is InChI=1S/C59H47N3O/c1-3-9-32(10-4-1)42-25-43-41-13-7-8-14-48(41)63-58(43)52(33-11-5-2-6-12-33)49(42)35-22-44-53-46(28-60-55-36-18-30-15-31(19-36)17-34(16-30)50(53)55)62-47-29-61-56-38-21-40-24-39-20-37(26-59(39,40)27-38)51(56)54(47)45(23-35)57(44)62/h1-14,22-23,25,28-31,34,36-40H,15-21,24,26-27H2. The van der Waals surface area contributed by atoms with E-state index in [0.717, 1.165) is 40.2 Å². The molecule has 7 unspecified atom stereocenters. The first kappa shape index (κ1) is 33.5. The summed E-state index contributed by atoms with van der Waals surface area (Å²) in [5, 5.41) is 8.11. The lowest BCUT2D eigenvalue weighted by atomic mass is 9.56. The summed E-state index contributed by atoms with van der Waals surface area (Å²) in [5.74, 6) is 5.81. The van der Waals surface area contributed by atoms with Gasteiger partial charge in [-0.25, -0.2) is 0 Å². The highest BCUT2D eigenvalue weighted by molar-refractivity contribution is 6.27. The first-order valence-electron chi connectivity index (χ1n) is 24.3. The van der Waals surface area contributed by atoms with Gasteiger partial charge in [-0.2, -0.15) is 0 Å². The molecule has 0 radical (unpaired) electrons. The molecule has 0 N–H and O–H groups in total. The van der Waals surface area contributed by atoms with Gasteiger partial charge in [-0.3, -0.25) is 9.97 Å². The zero-order valence-electron chi connectivity index (χ0n) is 35.4. The quantitative estimate of drug-likeness (QED) is 0.178. The summed E-state index contributed by atoms with van der Waals surface area (Å²) in [7, 11) is 0. The summed E-state index contributed by atoms with van der Waals surface area (Å²) in [5.41, 5.74) is 19.9. The molecule has 63 heavy (non-hydrogen) atoms. The Hall–Kier alpha value is -6.00. The van der Waals surface area contributed by atoms with Crippen LogP contribution in [0.2, 0.25) is 0 Å². The van der Waals surface area contributed by atoms with E-state index in [1.54, 1.807) is 11.1 Å². The van der Waals surface area contributed by atoms with E-state index in [4.69, 9.17) is 14.4 Å². The van der Waals surface area contributed by atoms with E-state index < -0.39 is 0 Å². The Kier molecular flexibility index (Phi) is 6.06. The average molecular weight is 814 g/mol. The Morgan fingerprint density at radius 3 is 1.87 bits per heavy atom. The molecule has 5 heterocycles. The van der Waals surface area contributed by atoms with Crippen molar-refractivity contribution >= 4 is 60.0 Å². The molecule has 4 heteroatoms. The third-order valence-electron chi connectivity index (χ3n) is 19.0. The second-order valence-electron chi connectivity index (χ2n) is 21.7. The molecule has 0 amide bonds. The molecule has 0 saturated heterocycles. The number of fused-ring (bicyclic) bond motifs is 15. The predicted molar refractivity (Wildman–Crippen MR) is 254 cm³/mol. The van der Waals surface area contributed by atoms with Crippen LogP contribution in [-0.4, -0.2) is 14.4 Å². The van der Waals surface area contributed by atoms with Crippen molar-refractivity contribution in [1.82, 2.24) is 14.4 Å². The molecule has 10 aromatic rings. The smallest absolute Gasteiger partial charge is 0.143 e. The maximum absolute atomic E-state index is 7.05. The Bertz CT molecular complexity index is 3640. The first-order chi connectivity index (χ1) is 31.1. The van der Waals surface area contributed by atoms with Crippen molar-refractivity contribution in [2.45, 2.75) is 87.9 Å². The van der Waals surface area contributed by atoms with Gasteiger partial charge >= 0.3 is 0 Å². The van der Waals surface area contributed by atoms with Gasteiger partial charge in [0.15, 0.2) is 0 Å². The minimum atomic E-state index is 0.567. The van der Waals surface area contributed by atoms with E-state index in [1.165, 1.54) is 152 Å². The minimum absolute atomic E-state index is 0.567. The monoisotopic (exact) mass is 813 g/mol. The fraction of sp³-hybridized carbons (Fsp3) is 0.322. The molecule has 7 bridgehead atoms. The van der Waals surface area contributed by atoms with E-state index >= 15 is 0 Å². The summed E-state index contributed by atoms with van der Waals surface area (Å²) in [6.45, 7) is 0. The number of para-hydroxylation sites is 1. The second-order valence-corrected chi connectivity index (χ2v) is 21.7. The zero-order valence-corrected chi connectivity index (χ0v) is 35.4. The highest BCUT2D eigenvalue weighted by Gasteiger charge is 2.66. The fourth-order valence-corrected chi connectivity index (χ4v) is 17.0. The third-order valence-corrected chi connectivity index (χ3v) is 19.0. The molecule has 0 aliphatic heterocycles. The number of hydrogen-bond acceptors (Lipinski definition) is 3. The van der Waals surface area contributed by atoms with Crippen molar-refractivity contribution in [3.05, 3.63) is 138 Å². The molecule has 8 aliphatic carbocycles. The number of benzene rings is 5. The average Bonchev–Trinajstić information content (AvgIpc) is 4.06. The Morgan fingerprint density at radius 2 is 1.13 bits per heavy atom. The maximum Gasteiger partial charge on any atom is 0.143 e. The molecule has 304 valence electrons. The fourth-order valence-electron chi connectivity index (χ4n) is 17.0. The molecule has 8 aliphatic rings. The van der Waals surface area contributed by atoms with Crippen molar-refractivity contribution in [1.29, 1.82) is 0 Å². The van der Waals surface area contributed by atoms with E-state index in [9.17, 15) is 0 Å². The van der Waals surface area contributed by atoms with Gasteiger partial charge in [0.05, 0.1) is 28.9 Å². The summed E-state index contributed by atoms with van der Waals surface area (Å²) in [4.78, 5) is 11.2. The number of pyridine rings is 2. The van der Waals surface area contributed by atoms with Gasteiger partial charge in [-0.05, 0) is 163 Å². The second kappa shape index (κ2) is 11.4. The van der Waals surface area contributed by atoms with Gasteiger partial charge in [0.25, 0.3) is 0 Å². The Labute approximate surface area is 365 Å². The van der Waals surface area contributed by atoms with Crippen LogP contribution in [0.5, 0.6) is 0 Å². The Morgan fingerprint density at radius 1 is 0.508 bits per heavy atom.